The zero-order valence-electron chi connectivity index (χ0n) is 11.0. The maximum absolute atomic E-state index is 5.92. The summed E-state index contributed by atoms with van der Waals surface area (Å²) in [7, 11) is 0. The molecule has 0 amide bonds. The quantitative estimate of drug-likeness (QED) is 0.817. The molecule has 5 nitrogen and oxygen atoms in total. The van der Waals surface area contributed by atoms with E-state index >= 15 is 0 Å². The van der Waals surface area contributed by atoms with Crippen LogP contribution < -0.4 is 19.7 Å². The van der Waals surface area contributed by atoms with E-state index < -0.39 is 0 Å². The van der Waals surface area contributed by atoms with E-state index in [1.165, 1.54) is 5.69 Å². The zero-order valence-corrected chi connectivity index (χ0v) is 11.0. The first-order chi connectivity index (χ1) is 9.28. The highest BCUT2D eigenvalue weighted by molar-refractivity contribution is 5.57. The van der Waals surface area contributed by atoms with E-state index in [1.54, 1.807) is 0 Å². The molecule has 4 rings (SSSR count). The number of morpholine rings is 2. The molecule has 3 atom stereocenters. The van der Waals surface area contributed by atoms with Crippen LogP contribution in [0.3, 0.4) is 0 Å². The predicted molar refractivity (Wildman–Crippen MR) is 70.9 cm³/mol. The third kappa shape index (κ3) is 2.03. The van der Waals surface area contributed by atoms with Gasteiger partial charge in [-0.2, -0.15) is 0 Å². The van der Waals surface area contributed by atoms with Gasteiger partial charge in [-0.3, -0.25) is 0 Å². The van der Waals surface area contributed by atoms with Gasteiger partial charge in [0.2, 0.25) is 6.29 Å². The summed E-state index contributed by atoms with van der Waals surface area (Å²) in [4.78, 5) is 2.38. The van der Waals surface area contributed by atoms with Crippen molar-refractivity contribution in [2.75, 3.05) is 31.1 Å². The van der Waals surface area contributed by atoms with Crippen molar-refractivity contribution < 1.29 is 14.2 Å². The summed E-state index contributed by atoms with van der Waals surface area (Å²) in [6.07, 6.45) is 0.396. The van der Waals surface area contributed by atoms with E-state index in [-0.39, 0.29) is 18.5 Å². The van der Waals surface area contributed by atoms with Gasteiger partial charge in [-0.05, 0) is 12.1 Å². The Labute approximate surface area is 112 Å². The van der Waals surface area contributed by atoms with Crippen LogP contribution in [0.1, 0.15) is 6.92 Å². The van der Waals surface area contributed by atoms with Crippen molar-refractivity contribution in [3.63, 3.8) is 0 Å². The first-order valence-corrected chi connectivity index (χ1v) is 6.86. The summed E-state index contributed by atoms with van der Waals surface area (Å²) in [6, 6.07) is 6.18. The highest BCUT2D eigenvalue weighted by Gasteiger charge is 2.32. The first kappa shape index (κ1) is 11.4. The fourth-order valence-electron chi connectivity index (χ4n) is 3.03. The van der Waals surface area contributed by atoms with Gasteiger partial charge in [-0.1, -0.05) is 0 Å². The summed E-state index contributed by atoms with van der Waals surface area (Å²) < 4.78 is 17.1. The maximum atomic E-state index is 5.92. The molecule has 0 radical (unpaired) electrons. The molecule has 102 valence electrons. The summed E-state index contributed by atoms with van der Waals surface area (Å²) >= 11 is 0. The summed E-state index contributed by atoms with van der Waals surface area (Å²) in [5.41, 5.74) is 1.19. The van der Waals surface area contributed by atoms with Crippen LogP contribution >= 0.6 is 0 Å². The summed E-state index contributed by atoms with van der Waals surface area (Å²) in [5.74, 6) is 1.69. The van der Waals surface area contributed by atoms with Gasteiger partial charge >= 0.3 is 0 Å². The maximum Gasteiger partial charge on any atom is 0.238 e. The highest BCUT2D eigenvalue weighted by atomic mass is 16.7. The van der Waals surface area contributed by atoms with Gasteiger partial charge in [0.1, 0.15) is 0 Å². The monoisotopic (exact) mass is 262 g/mol. The Balaban J connectivity index is 1.58. The fourth-order valence-corrected chi connectivity index (χ4v) is 3.03. The third-order valence-electron chi connectivity index (χ3n) is 3.86. The number of hydrogen-bond donors (Lipinski definition) is 1. The molecule has 0 aromatic heterocycles. The van der Waals surface area contributed by atoms with Gasteiger partial charge < -0.3 is 24.4 Å². The SMILES string of the molecule is CC1Oc2ccc(N3CC4CNCC(C3)O4)cc2O1. The molecular formula is C14H18N2O3. The van der Waals surface area contributed by atoms with Gasteiger partial charge in [0.25, 0.3) is 0 Å². The lowest BCUT2D eigenvalue weighted by molar-refractivity contribution is -0.0484. The van der Waals surface area contributed by atoms with Crippen LogP contribution in [-0.2, 0) is 4.74 Å². The van der Waals surface area contributed by atoms with Crippen LogP contribution in [0, 0.1) is 0 Å². The molecule has 1 aromatic carbocycles. The zero-order chi connectivity index (χ0) is 12.8. The smallest absolute Gasteiger partial charge is 0.238 e. The number of anilines is 1. The number of benzene rings is 1. The standard InChI is InChI=1S/C14H18N2O3/c1-9-17-13-3-2-10(4-14(13)18-9)16-7-11-5-15-6-12(8-16)19-11/h2-4,9,11-12,15H,5-8H2,1H3. The molecule has 3 unspecified atom stereocenters. The van der Waals surface area contributed by atoms with Crippen LogP contribution in [0.5, 0.6) is 11.5 Å². The Morgan fingerprint density at radius 2 is 1.84 bits per heavy atom. The van der Waals surface area contributed by atoms with Crippen LogP contribution in [-0.4, -0.2) is 44.7 Å². The fraction of sp³-hybridized carbons (Fsp3) is 0.571. The Bertz CT molecular complexity index is 482. The van der Waals surface area contributed by atoms with Crippen molar-refractivity contribution >= 4 is 5.69 Å². The van der Waals surface area contributed by atoms with Gasteiger partial charge in [0.05, 0.1) is 12.2 Å². The lowest BCUT2D eigenvalue weighted by atomic mass is 10.1. The highest BCUT2D eigenvalue weighted by Crippen LogP contribution is 2.38. The van der Waals surface area contributed by atoms with Crippen molar-refractivity contribution in [2.45, 2.75) is 25.4 Å². The number of ether oxygens (including phenoxy) is 3. The van der Waals surface area contributed by atoms with Crippen LogP contribution in [0.25, 0.3) is 0 Å². The van der Waals surface area contributed by atoms with Gasteiger partial charge in [0.15, 0.2) is 11.5 Å². The topological polar surface area (TPSA) is 43.0 Å². The second-order valence-electron chi connectivity index (χ2n) is 5.38. The van der Waals surface area contributed by atoms with Crippen LogP contribution in [0.4, 0.5) is 5.69 Å². The van der Waals surface area contributed by atoms with Gasteiger partial charge in [-0.25, -0.2) is 0 Å². The minimum absolute atomic E-state index is 0.182. The molecular weight excluding hydrogens is 244 g/mol. The Morgan fingerprint density at radius 3 is 2.63 bits per heavy atom. The molecule has 19 heavy (non-hydrogen) atoms. The van der Waals surface area contributed by atoms with E-state index in [0.717, 1.165) is 37.7 Å². The Kier molecular flexibility index (Phi) is 2.56. The molecule has 3 aliphatic rings. The van der Waals surface area contributed by atoms with Crippen molar-refractivity contribution in [1.82, 2.24) is 5.32 Å². The van der Waals surface area contributed by atoms with E-state index in [4.69, 9.17) is 14.2 Å². The summed E-state index contributed by atoms with van der Waals surface area (Å²) in [5, 5.41) is 3.41. The Hall–Kier alpha value is -1.46. The van der Waals surface area contributed by atoms with E-state index in [1.807, 2.05) is 13.0 Å². The van der Waals surface area contributed by atoms with E-state index in [2.05, 4.69) is 22.3 Å². The minimum atomic E-state index is -0.182. The second-order valence-corrected chi connectivity index (χ2v) is 5.38. The number of rotatable bonds is 1. The van der Waals surface area contributed by atoms with Crippen molar-refractivity contribution in [3.05, 3.63) is 18.2 Å². The largest absolute Gasteiger partial charge is 0.451 e. The first-order valence-electron chi connectivity index (χ1n) is 6.86. The van der Waals surface area contributed by atoms with Crippen molar-refractivity contribution in [1.29, 1.82) is 0 Å². The number of nitrogens with one attached hydrogen (secondary N) is 1. The van der Waals surface area contributed by atoms with Crippen molar-refractivity contribution in [2.24, 2.45) is 0 Å². The molecule has 2 saturated heterocycles. The lowest BCUT2D eigenvalue weighted by Gasteiger charge is -2.42. The molecule has 0 saturated carbocycles. The van der Waals surface area contributed by atoms with Gasteiger partial charge in [-0.15, -0.1) is 0 Å². The Morgan fingerprint density at radius 1 is 1.11 bits per heavy atom. The number of hydrogen-bond acceptors (Lipinski definition) is 5. The predicted octanol–water partition coefficient (Wildman–Crippen LogP) is 0.981. The van der Waals surface area contributed by atoms with Crippen molar-refractivity contribution in [3.8, 4) is 11.5 Å². The average molecular weight is 262 g/mol. The summed E-state index contributed by atoms with van der Waals surface area (Å²) in [6.45, 7) is 5.64. The normalized spacial score (nSPS) is 32.5. The molecule has 2 fully saturated rings. The van der Waals surface area contributed by atoms with E-state index in [9.17, 15) is 0 Å². The minimum Gasteiger partial charge on any atom is -0.451 e. The van der Waals surface area contributed by atoms with Crippen LogP contribution in [0.2, 0.25) is 0 Å². The second kappa shape index (κ2) is 4.28. The van der Waals surface area contributed by atoms with E-state index in [0.29, 0.717) is 0 Å². The molecule has 1 N–H and O–H groups in total. The molecule has 3 aliphatic heterocycles. The lowest BCUT2D eigenvalue weighted by Crippen LogP contribution is -2.58. The number of fused-ring (bicyclic) bond motifs is 3. The van der Waals surface area contributed by atoms with Gasteiger partial charge in [0, 0.05) is 44.9 Å². The molecule has 5 heteroatoms. The van der Waals surface area contributed by atoms with Crippen LogP contribution in [0.15, 0.2) is 18.2 Å². The molecule has 3 heterocycles. The average Bonchev–Trinajstić information content (AvgIpc) is 2.77. The molecule has 1 aromatic rings. The molecule has 0 spiro atoms. The third-order valence-corrected chi connectivity index (χ3v) is 3.86. The molecule has 0 aliphatic carbocycles. The molecule has 2 bridgehead atoms. The number of nitrogens with zero attached hydrogens (tertiary/aromatic N) is 1.